The van der Waals surface area contributed by atoms with E-state index in [-0.39, 0.29) is 0 Å². The van der Waals surface area contributed by atoms with Crippen LogP contribution in [0.3, 0.4) is 0 Å². The lowest BCUT2D eigenvalue weighted by molar-refractivity contribution is 0.171. The highest BCUT2D eigenvalue weighted by Gasteiger charge is 2.41. The first-order valence-electron chi connectivity index (χ1n) is 5.67. The first-order chi connectivity index (χ1) is 7.74. The van der Waals surface area contributed by atoms with Crippen LogP contribution in [0.1, 0.15) is 24.1 Å². The quantitative estimate of drug-likeness (QED) is 0.811. The Morgan fingerprint density at radius 3 is 2.94 bits per heavy atom. The van der Waals surface area contributed by atoms with Crippen molar-refractivity contribution in [1.29, 1.82) is 0 Å². The van der Waals surface area contributed by atoms with E-state index < -0.39 is 0 Å². The predicted octanol–water partition coefficient (Wildman–Crippen LogP) is 3.31. The van der Waals surface area contributed by atoms with Gasteiger partial charge in [-0.1, -0.05) is 11.6 Å². The van der Waals surface area contributed by atoms with Crippen LogP contribution in [0.15, 0.2) is 11.4 Å². The number of nitrogens with one attached hydrogen (secondary N) is 1. The molecule has 0 saturated heterocycles. The predicted molar refractivity (Wildman–Crippen MR) is 69.2 cm³/mol. The van der Waals surface area contributed by atoms with Gasteiger partial charge in [0, 0.05) is 37.1 Å². The van der Waals surface area contributed by atoms with Gasteiger partial charge in [0.2, 0.25) is 0 Å². The van der Waals surface area contributed by atoms with Gasteiger partial charge in [-0.05, 0) is 30.7 Å². The number of methoxy groups -OCH3 is 1. The summed E-state index contributed by atoms with van der Waals surface area (Å²) in [5.74, 6) is 0. The molecule has 1 aliphatic carbocycles. The second kappa shape index (κ2) is 5.50. The smallest absolute Gasteiger partial charge is 0.0516 e. The molecule has 0 atom stereocenters. The molecule has 2 nitrogen and oxygen atoms in total. The van der Waals surface area contributed by atoms with E-state index >= 15 is 0 Å². The molecule has 1 N–H and O–H groups in total. The Hall–Kier alpha value is -0.0900. The van der Waals surface area contributed by atoms with E-state index in [1.807, 2.05) is 11.4 Å². The molecule has 1 saturated carbocycles. The summed E-state index contributed by atoms with van der Waals surface area (Å²) in [6, 6.07) is 2.04. The first kappa shape index (κ1) is 12.4. The molecule has 1 aliphatic rings. The molecule has 0 bridgehead atoms. The average Bonchev–Trinajstić information content (AvgIpc) is 2.92. The molecule has 0 radical (unpaired) electrons. The van der Waals surface area contributed by atoms with Crippen molar-refractivity contribution in [2.75, 3.05) is 20.3 Å². The summed E-state index contributed by atoms with van der Waals surface area (Å²) < 4.78 is 5.14. The van der Waals surface area contributed by atoms with E-state index in [4.69, 9.17) is 16.3 Å². The van der Waals surface area contributed by atoms with Crippen molar-refractivity contribution < 1.29 is 4.74 Å². The number of halogens is 1. The molecule has 0 aromatic carbocycles. The topological polar surface area (TPSA) is 21.3 Å². The molecule has 0 unspecified atom stereocenters. The molecule has 1 aromatic rings. The van der Waals surface area contributed by atoms with E-state index in [0.29, 0.717) is 5.41 Å². The standard InChI is InChI=1S/C12H18ClNOS/c1-15-5-4-12(2-3-12)9-14-7-11-6-10(13)8-16-11/h6,8,14H,2-5,7,9H2,1H3. The average molecular weight is 260 g/mol. The van der Waals surface area contributed by atoms with Crippen LogP contribution in [0, 0.1) is 5.41 Å². The second-order valence-corrected chi connectivity index (χ2v) is 6.01. The Balaban J connectivity index is 1.68. The van der Waals surface area contributed by atoms with Crippen molar-refractivity contribution in [3.63, 3.8) is 0 Å². The zero-order chi connectivity index (χ0) is 11.4. The maximum atomic E-state index is 5.88. The van der Waals surface area contributed by atoms with Gasteiger partial charge in [-0.3, -0.25) is 0 Å². The normalized spacial score (nSPS) is 17.6. The Bertz CT molecular complexity index is 336. The van der Waals surface area contributed by atoms with Crippen LogP contribution in [0.2, 0.25) is 5.02 Å². The summed E-state index contributed by atoms with van der Waals surface area (Å²) in [5, 5.41) is 6.35. The minimum Gasteiger partial charge on any atom is -0.385 e. The van der Waals surface area contributed by atoms with Crippen molar-refractivity contribution in [1.82, 2.24) is 5.32 Å². The van der Waals surface area contributed by atoms with Gasteiger partial charge in [-0.2, -0.15) is 0 Å². The van der Waals surface area contributed by atoms with Crippen molar-refractivity contribution >= 4 is 22.9 Å². The Morgan fingerprint density at radius 1 is 1.56 bits per heavy atom. The lowest BCUT2D eigenvalue weighted by Gasteiger charge is -2.14. The molecule has 16 heavy (non-hydrogen) atoms. The van der Waals surface area contributed by atoms with Gasteiger partial charge in [0.15, 0.2) is 0 Å². The summed E-state index contributed by atoms with van der Waals surface area (Å²) in [6.07, 6.45) is 3.87. The van der Waals surface area contributed by atoms with E-state index in [1.54, 1.807) is 18.4 Å². The highest BCUT2D eigenvalue weighted by atomic mass is 35.5. The molecular weight excluding hydrogens is 242 g/mol. The van der Waals surface area contributed by atoms with Crippen molar-refractivity contribution in [2.45, 2.75) is 25.8 Å². The number of hydrogen-bond donors (Lipinski definition) is 1. The minimum atomic E-state index is 0.525. The molecule has 1 fully saturated rings. The third-order valence-electron chi connectivity index (χ3n) is 3.21. The van der Waals surface area contributed by atoms with Crippen molar-refractivity contribution in [3.8, 4) is 0 Å². The number of ether oxygens (including phenoxy) is 1. The summed E-state index contributed by atoms with van der Waals surface area (Å²) in [5.41, 5.74) is 0.525. The monoisotopic (exact) mass is 259 g/mol. The molecule has 4 heteroatoms. The van der Waals surface area contributed by atoms with Crippen LogP contribution < -0.4 is 5.32 Å². The van der Waals surface area contributed by atoms with Crippen LogP contribution in [-0.4, -0.2) is 20.3 Å². The lowest BCUT2D eigenvalue weighted by atomic mass is 10.0. The summed E-state index contributed by atoms with van der Waals surface area (Å²) in [7, 11) is 1.77. The molecule has 0 spiro atoms. The van der Waals surface area contributed by atoms with E-state index in [0.717, 1.165) is 24.7 Å². The second-order valence-electron chi connectivity index (χ2n) is 4.58. The van der Waals surface area contributed by atoms with Crippen LogP contribution in [0.25, 0.3) is 0 Å². The van der Waals surface area contributed by atoms with Gasteiger partial charge in [-0.15, -0.1) is 11.3 Å². The Kier molecular flexibility index (Phi) is 4.25. The van der Waals surface area contributed by atoms with Crippen LogP contribution in [0.4, 0.5) is 0 Å². The largest absolute Gasteiger partial charge is 0.385 e. The molecule has 2 rings (SSSR count). The van der Waals surface area contributed by atoms with Gasteiger partial charge in [0.05, 0.1) is 5.02 Å². The van der Waals surface area contributed by atoms with Gasteiger partial charge >= 0.3 is 0 Å². The van der Waals surface area contributed by atoms with E-state index in [9.17, 15) is 0 Å². The molecule has 90 valence electrons. The molecule has 1 heterocycles. The SMILES string of the molecule is COCCC1(CNCc2cc(Cl)cs2)CC1. The maximum absolute atomic E-state index is 5.88. The molecule has 1 aromatic heterocycles. The highest BCUT2D eigenvalue weighted by Crippen LogP contribution is 2.48. The number of thiophene rings is 1. The summed E-state index contributed by atoms with van der Waals surface area (Å²) in [4.78, 5) is 1.31. The number of rotatable bonds is 7. The fourth-order valence-corrected chi connectivity index (χ4v) is 2.95. The third-order valence-corrected chi connectivity index (χ3v) is 4.50. The Labute approximate surface area is 106 Å². The number of hydrogen-bond acceptors (Lipinski definition) is 3. The zero-order valence-corrected chi connectivity index (χ0v) is 11.2. The van der Waals surface area contributed by atoms with Gasteiger partial charge in [0.1, 0.15) is 0 Å². The van der Waals surface area contributed by atoms with E-state index in [1.165, 1.54) is 24.1 Å². The fourth-order valence-electron chi connectivity index (χ4n) is 1.91. The van der Waals surface area contributed by atoms with Crippen LogP contribution in [0.5, 0.6) is 0 Å². The van der Waals surface area contributed by atoms with Gasteiger partial charge < -0.3 is 10.1 Å². The summed E-state index contributed by atoms with van der Waals surface area (Å²) in [6.45, 7) is 2.92. The zero-order valence-electron chi connectivity index (χ0n) is 9.59. The lowest BCUT2D eigenvalue weighted by Crippen LogP contribution is -2.24. The van der Waals surface area contributed by atoms with Crippen LogP contribution >= 0.6 is 22.9 Å². The Morgan fingerprint density at radius 2 is 2.38 bits per heavy atom. The maximum Gasteiger partial charge on any atom is 0.0516 e. The molecule has 0 amide bonds. The van der Waals surface area contributed by atoms with Gasteiger partial charge in [0.25, 0.3) is 0 Å². The van der Waals surface area contributed by atoms with Crippen LogP contribution in [-0.2, 0) is 11.3 Å². The molecular formula is C12H18ClNOS. The van der Waals surface area contributed by atoms with E-state index in [2.05, 4.69) is 5.32 Å². The van der Waals surface area contributed by atoms with Gasteiger partial charge in [-0.25, -0.2) is 0 Å². The fraction of sp³-hybridized carbons (Fsp3) is 0.667. The van der Waals surface area contributed by atoms with Crippen molar-refractivity contribution in [2.24, 2.45) is 5.41 Å². The minimum absolute atomic E-state index is 0.525. The first-order valence-corrected chi connectivity index (χ1v) is 6.92. The highest BCUT2D eigenvalue weighted by molar-refractivity contribution is 7.10. The van der Waals surface area contributed by atoms with Crippen molar-refractivity contribution in [3.05, 3.63) is 21.3 Å². The third kappa shape index (κ3) is 3.45. The summed E-state index contributed by atoms with van der Waals surface area (Å²) >= 11 is 7.60. The molecule has 0 aliphatic heterocycles.